The van der Waals surface area contributed by atoms with E-state index in [1.807, 2.05) is 25.9 Å². The smallest absolute Gasteiger partial charge is 0.317 e. The molecule has 1 fully saturated rings. The van der Waals surface area contributed by atoms with Gasteiger partial charge < -0.3 is 20.2 Å². The predicted octanol–water partition coefficient (Wildman–Crippen LogP) is 2.36. The van der Waals surface area contributed by atoms with Gasteiger partial charge in [-0.1, -0.05) is 6.07 Å². The number of aliphatic hydroxyl groups is 1. The first-order valence-electron chi connectivity index (χ1n) is 8.36. The molecule has 0 radical (unpaired) electrons. The molecule has 1 aromatic rings. The number of carbonyl (C=O) groups is 1. The summed E-state index contributed by atoms with van der Waals surface area (Å²) in [7, 11) is 4.04. The second-order valence-corrected chi connectivity index (χ2v) is 6.75. The van der Waals surface area contributed by atoms with Gasteiger partial charge in [-0.3, -0.25) is 0 Å². The Kier molecular flexibility index (Phi) is 5.88. The summed E-state index contributed by atoms with van der Waals surface area (Å²) in [5.41, 5.74) is 3.47. The lowest BCUT2D eigenvalue weighted by molar-refractivity contribution is 0.0738. The summed E-state index contributed by atoms with van der Waals surface area (Å²) in [5.74, 6) is 0.190. The summed E-state index contributed by atoms with van der Waals surface area (Å²) < 4.78 is 0. The third-order valence-electron chi connectivity index (χ3n) is 4.70. The Morgan fingerprint density at radius 3 is 2.83 bits per heavy atom. The van der Waals surface area contributed by atoms with Gasteiger partial charge in [0.15, 0.2) is 0 Å². The van der Waals surface area contributed by atoms with Crippen LogP contribution in [0.5, 0.6) is 0 Å². The summed E-state index contributed by atoms with van der Waals surface area (Å²) >= 11 is 0. The fourth-order valence-corrected chi connectivity index (χ4v) is 3.03. The summed E-state index contributed by atoms with van der Waals surface area (Å²) in [6.07, 6.45) is 1.60. The van der Waals surface area contributed by atoms with E-state index < -0.39 is 0 Å². The number of carbonyl (C=O) groups excluding carboxylic acids is 1. The maximum absolute atomic E-state index is 12.4. The van der Waals surface area contributed by atoms with E-state index >= 15 is 0 Å². The van der Waals surface area contributed by atoms with Crippen molar-refractivity contribution in [2.45, 2.75) is 39.3 Å². The number of nitrogens with one attached hydrogen (secondary N) is 1. The summed E-state index contributed by atoms with van der Waals surface area (Å²) in [6, 6.07) is 6.23. The molecule has 5 heteroatoms. The minimum Gasteiger partial charge on any atom is -0.393 e. The highest BCUT2D eigenvalue weighted by Crippen LogP contribution is 2.20. The van der Waals surface area contributed by atoms with Crippen molar-refractivity contribution in [2.24, 2.45) is 5.92 Å². The molecular formula is C18H29N3O2. The number of anilines is 1. The van der Waals surface area contributed by atoms with Crippen LogP contribution in [-0.2, 0) is 6.54 Å². The van der Waals surface area contributed by atoms with Crippen LogP contribution in [0.4, 0.5) is 10.5 Å². The first kappa shape index (κ1) is 17.6. The molecule has 0 saturated carbocycles. The van der Waals surface area contributed by atoms with Crippen molar-refractivity contribution in [3.8, 4) is 0 Å². The molecule has 1 aliphatic rings. The van der Waals surface area contributed by atoms with E-state index in [-0.39, 0.29) is 18.1 Å². The molecule has 1 aliphatic heterocycles. The number of hydrogen-bond donors (Lipinski definition) is 2. The van der Waals surface area contributed by atoms with Crippen molar-refractivity contribution in [1.82, 2.24) is 10.2 Å². The largest absolute Gasteiger partial charge is 0.393 e. The Morgan fingerprint density at radius 2 is 2.22 bits per heavy atom. The molecule has 2 N–H and O–H groups in total. The van der Waals surface area contributed by atoms with Crippen LogP contribution >= 0.6 is 0 Å². The van der Waals surface area contributed by atoms with Gasteiger partial charge in [0, 0.05) is 45.3 Å². The van der Waals surface area contributed by atoms with Gasteiger partial charge in [-0.2, -0.15) is 0 Å². The van der Waals surface area contributed by atoms with Crippen LogP contribution in [0.1, 0.15) is 30.9 Å². The van der Waals surface area contributed by atoms with Crippen LogP contribution in [0.3, 0.4) is 0 Å². The minimum absolute atomic E-state index is 0.0357. The molecule has 2 rings (SSSR count). The lowest BCUT2D eigenvalue weighted by Gasteiger charge is -2.34. The normalized spacial score (nSPS) is 19.3. The van der Waals surface area contributed by atoms with Crippen molar-refractivity contribution in [3.05, 3.63) is 29.3 Å². The number of benzene rings is 1. The highest BCUT2D eigenvalue weighted by Gasteiger charge is 2.26. The Labute approximate surface area is 139 Å². The molecule has 1 saturated heterocycles. The standard InChI is InChI=1S/C18H29N3O2/c1-13-10-17(20(3)4)8-7-15(13)11-19-18(23)21-9-5-6-16(12-21)14(2)22/h7-8,10,14,16,22H,5-6,9,11-12H2,1-4H3,(H,19,23). The molecule has 0 bridgehead atoms. The molecule has 5 nitrogen and oxygen atoms in total. The molecule has 1 aromatic carbocycles. The van der Waals surface area contributed by atoms with Crippen LogP contribution in [-0.4, -0.2) is 49.3 Å². The van der Waals surface area contributed by atoms with Gasteiger partial charge in [-0.05, 0) is 49.9 Å². The van der Waals surface area contributed by atoms with Gasteiger partial charge >= 0.3 is 6.03 Å². The number of aliphatic hydroxyl groups excluding tert-OH is 1. The van der Waals surface area contributed by atoms with Gasteiger partial charge in [0.1, 0.15) is 0 Å². The van der Waals surface area contributed by atoms with Crippen LogP contribution in [0, 0.1) is 12.8 Å². The second kappa shape index (κ2) is 7.68. The topological polar surface area (TPSA) is 55.8 Å². The maximum Gasteiger partial charge on any atom is 0.317 e. The van der Waals surface area contributed by atoms with Crippen molar-refractivity contribution in [1.29, 1.82) is 0 Å². The number of hydrogen-bond acceptors (Lipinski definition) is 3. The Morgan fingerprint density at radius 1 is 1.48 bits per heavy atom. The van der Waals surface area contributed by atoms with Crippen molar-refractivity contribution < 1.29 is 9.90 Å². The molecule has 128 valence electrons. The highest BCUT2D eigenvalue weighted by atomic mass is 16.3. The fourth-order valence-electron chi connectivity index (χ4n) is 3.03. The molecule has 2 amide bonds. The van der Waals surface area contributed by atoms with Crippen LogP contribution in [0.25, 0.3) is 0 Å². The zero-order chi connectivity index (χ0) is 17.0. The lowest BCUT2D eigenvalue weighted by atomic mass is 9.94. The summed E-state index contributed by atoms with van der Waals surface area (Å²) in [5, 5.41) is 12.7. The van der Waals surface area contributed by atoms with Gasteiger partial charge in [0.2, 0.25) is 0 Å². The predicted molar refractivity (Wildman–Crippen MR) is 93.7 cm³/mol. The molecule has 2 atom stereocenters. The lowest BCUT2D eigenvalue weighted by Crippen LogP contribution is -2.47. The van der Waals surface area contributed by atoms with Crippen LogP contribution < -0.4 is 10.2 Å². The SMILES string of the molecule is Cc1cc(N(C)C)ccc1CNC(=O)N1CCCC(C(C)O)C1. The van der Waals surface area contributed by atoms with Gasteiger partial charge in [0.05, 0.1) is 6.10 Å². The molecular weight excluding hydrogens is 290 g/mol. The quantitative estimate of drug-likeness (QED) is 0.896. The number of amides is 2. The van der Waals surface area contributed by atoms with Gasteiger partial charge in [-0.15, -0.1) is 0 Å². The molecule has 0 aromatic heterocycles. The van der Waals surface area contributed by atoms with Crippen molar-refractivity contribution in [3.63, 3.8) is 0 Å². The van der Waals surface area contributed by atoms with E-state index in [1.165, 1.54) is 5.56 Å². The molecule has 0 spiro atoms. The van der Waals surface area contributed by atoms with E-state index in [9.17, 15) is 9.90 Å². The second-order valence-electron chi connectivity index (χ2n) is 6.75. The number of aryl methyl sites for hydroxylation is 1. The average Bonchev–Trinajstić information content (AvgIpc) is 2.53. The van der Waals surface area contributed by atoms with E-state index in [0.29, 0.717) is 13.1 Å². The van der Waals surface area contributed by atoms with E-state index in [0.717, 1.165) is 30.6 Å². The van der Waals surface area contributed by atoms with Gasteiger partial charge in [-0.25, -0.2) is 4.79 Å². The fraction of sp³-hybridized carbons (Fsp3) is 0.611. The first-order chi connectivity index (χ1) is 10.9. The third kappa shape index (κ3) is 4.61. The molecule has 0 aliphatic carbocycles. The number of nitrogens with zero attached hydrogens (tertiary/aromatic N) is 2. The zero-order valence-corrected chi connectivity index (χ0v) is 14.7. The zero-order valence-electron chi connectivity index (χ0n) is 14.7. The first-order valence-corrected chi connectivity index (χ1v) is 8.36. The van der Waals surface area contributed by atoms with Crippen LogP contribution in [0.15, 0.2) is 18.2 Å². The maximum atomic E-state index is 12.4. The summed E-state index contributed by atoms with van der Waals surface area (Å²) in [6.45, 7) is 5.82. The van der Waals surface area contributed by atoms with Crippen LogP contribution in [0.2, 0.25) is 0 Å². The molecule has 2 unspecified atom stereocenters. The van der Waals surface area contributed by atoms with E-state index in [4.69, 9.17) is 0 Å². The van der Waals surface area contributed by atoms with E-state index in [2.05, 4.69) is 35.3 Å². The minimum atomic E-state index is -0.355. The number of rotatable bonds is 4. The Hall–Kier alpha value is -1.75. The van der Waals surface area contributed by atoms with E-state index in [1.54, 1.807) is 0 Å². The number of urea groups is 1. The average molecular weight is 319 g/mol. The Balaban J connectivity index is 1.91. The third-order valence-corrected chi connectivity index (χ3v) is 4.70. The molecule has 1 heterocycles. The number of likely N-dealkylation sites (tertiary alicyclic amines) is 1. The van der Waals surface area contributed by atoms with Crippen molar-refractivity contribution >= 4 is 11.7 Å². The number of piperidine rings is 1. The summed E-state index contributed by atoms with van der Waals surface area (Å²) in [4.78, 5) is 16.2. The highest BCUT2D eigenvalue weighted by molar-refractivity contribution is 5.74. The van der Waals surface area contributed by atoms with Crippen molar-refractivity contribution in [2.75, 3.05) is 32.1 Å². The Bertz CT molecular complexity index is 543. The molecule has 23 heavy (non-hydrogen) atoms. The van der Waals surface area contributed by atoms with Gasteiger partial charge in [0.25, 0.3) is 0 Å². The monoisotopic (exact) mass is 319 g/mol.